The van der Waals surface area contributed by atoms with Crippen LogP contribution in [0.1, 0.15) is 27.8 Å². The molecule has 2 aliphatic rings. The number of pyridine rings is 1. The van der Waals surface area contributed by atoms with Crippen molar-refractivity contribution < 1.29 is 53.8 Å². The van der Waals surface area contributed by atoms with Gasteiger partial charge in [0.25, 0.3) is 5.91 Å². The number of nitrogens with zero attached hydrogens (tertiary/aromatic N) is 4. The van der Waals surface area contributed by atoms with E-state index in [0.717, 1.165) is 24.0 Å². The van der Waals surface area contributed by atoms with E-state index in [1.54, 1.807) is 0 Å². The molecule has 0 spiro atoms. The first-order valence-corrected chi connectivity index (χ1v) is 14.5. The minimum absolute atomic E-state index is 0.0189. The molecule has 3 aromatic rings. The number of thioether (sulfide) groups is 1. The summed E-state index contributed by atoms with van der Waals surface area (Å²) in [5, 5.41) is 0.449. The largest absolute Gasteiger partial charge is 0.493 e. The number of benzene rings is 2. The number of aromatic nitrogens is 1. The van der Waals surface area contributed by atoms with Crippen LogP contribution in [0.25, 0.3) is 6.08 Å². The van der Waals surface area contributed by atoms with Crippen LogP contribution in [0.4, 0.5) is 45.3 Å². The molecule has 0 bridgehead atoms. The van der Waals surface area contributed by atoms with Crippen molar-refractivity contribution in [2.24, 2.45) is 4.99 Å². The molecule has 0 unspecified atom stereocenters. The predicted octanol–water partition coefficient (Wildman–Crippen LogP) is 7.52. The molecular formula is C30H23F9N4O3S. The van der Waals surface area contributed by atoms with Crippen molar-refractivity contribution in [1.82, 2.24) is 9.88 Å². The topological polar surface area (TPSA) is 67.3 Å². The van der Waals surface area contributed by atoms with Crippen LogP contribution in [-0.2, 0) is 29.9 Å². The summed E-state index contributed by atoms with van der Waals surface area (Å²) in [5.74, 6) is 0.0183. The van der Waals surface area contributed by atoms with Gasteiger partial charge in [-0.2, -0.15) is 44.5 Å². The first-order chi connectivity index (χ1) is 22.0. The zero-order valence-corrected chi connectivity index (χ0v) is 24.9. The van der Waals surface area contributed by atoms with E-state index in [1.165, 1.54) is 37.5 Å². The molecule has 2 aromatic carbocycles. The summed E-state index contributed by atoms with van der Waals surface area (Å²) in [6.45, 7) is 1.03. The quantitative estimate of drug-likeness (QED) is 0.196. The molecule has 5 rings (SSSR count). The molecule has 0 N–H and O–H groups in total. The molecule has 1 aromatic heterocycles. The Hall–Kier alpha value is -4.41. The van der Waals surface area contributed by atoms with E-state index in [1.807, 2.05) is 9.80 Å². The number of piperazine rings is 1. The minimum atomic E-state index is -5.05. The second kappa shape index (κ2) is 13.0. The van der Waals surface area contributed by atoms with Gasteiger partial charge in [0.2, 0.25) is 0 Å². The Morgan fingerprint density at radius 1 is 0.809 bits per heavy atom. The Balaban J connectivity index is 1.22. The van der Waals surface area contributed by atoms with Crippen molar-refractivity contribution in [3.8, 4) is 11.5 Å². The first-order valence-electron chi connectivity index (χ1n) is 13.7. The summed E-state index contributed by atoms with van der Waals surface area (Å²) in [4.78, 5) is 24.7. The van der Waals surface area contributed by atoms with Crippen LogP contribution in [0, 0.1) is 0 Å². The molecule has 7 nitrogen and oxygen atoms in total. The van der Waals surface area contributed by atoms with Crippen molar-refractivity contribution in [1.29, 1.82) is 0 Å². The Kier molecular flexibility index (Phi) is 9.39. The number of carbonyl (C=O) groups is 1. The van der Waals surface area contributed by atoms with Crippen LogP contribution in [0.3, 0.4) is 0 Å². The van der Waals surface area contributed by atoms with Gasteiger partial charge in [0, 0.05) is 37.9 Å². The van der Waals surface area contributed by atoms with Crippen LogP contribution in [0.5, 0.6) is 11.5 Å². The molecule has 0 saturated carbocycles. The number of carbonyl (C=O) groups excluding carboxylic acids is 1. The molecule has 0 radical (unpaired) electrons. The molecule has 1 amide bonds. The number of hydrogen-bond acceptors (Lipinski definition) is 7. The highest BCUT2D eigenvalue weighted by molar-refractivity contribution is 8.18. The van der Waals surface area contributed by atoms with Gasteiger partial charge in [0.1, 0.15) is 12.4 Å². The third-order valence-electron chi connectivity index (χ3n) is 7.17. The van der Waals surface area contributed by atoms with Gasteiger partial charge in [-0.1, -0.05) is 12.1 Å². The van der Waals surface area contributed by atoms with E-state index in [-0.39, 0.29) is 22.5 Å². The molecular weight excluding hydrogens is 667 g/mol. The second-order valence-corrected chi connectivity index (χ2v) is 11.3. The van der Waals surface area contributed by atoms with Crippen molar-refractivity contribution in [2.45, 2.75) is 25.1 Å². The Morgan fingerprint density at radius 3 is 2.06 bits per heavy atom. The van der Waals surface area contributed by atoms with Crippen molar-refractivity contribution in [3.05, 3.63) is 87.5 Å². The van der Waals surface area contributed by atoms with Crippen molar-refractivity contribution in [2.75, 3.05) is 38.2 Å². The summed E-state index contributed by atoms with van der Waals surface area (Å²) in [6.07, 6.45) is -12.2. The van der Waals surface area contributed by atoms with Gasteiger partial charge in [0.15, 0.2) is 16.7 Å². The number of ether oxygens (including phenoxy) is 2. The maximum atomic E-state index is 13.5. The number of halogens is 9. The van der Waals surface area contributed by atoms with Gasteiger partial charge in [-0.25, -0.2) is 4.98 Å². The Morgan fingerprint density at radius 2 is 1.47 bits per heavy atom. The SMILES string of the molecule is COc1cc(C=C2SC(N3CCN(c4ccc(C(F)(F)F)cn4)CC3)=NC2=O)ccc1OCc1ccc(C(F)(F)F)cc1C(F)(F)F. The maximum absolute atomic E-state index is 13.5. The molecule has 1 fully saturated rings. The summed E-state index contributed by atoms with van der Waals surface area (Å²) in [6, 6.07) is 7.96. The van der Waals surface area contributed by atoms with Crippen molar-refractivity contribution in [3.63, 3.8) is 0 Å². The number of aliphatic imine (C=N–C) groups is 1. The zero-order chi connectivity index (χ0) is 34.1. The van der Waals surface area contributed by atoms with E-state index in [9.17, 15) is 44.3 Å². The lowest BCUT2D eigenvalue weighted by Gasteiger charge is -2.36. The number of methoxy groups -OCH3 is 1. The number of hydrogen-bond donors (Lipinski definition) is 0. The number of anilines is 1. The fourth-order valence-electron chi connectivity index (χ4n) is 4.74. The van der Waals surface area contributed by atoms with Gasteiger partial charge in [-0.3, -0.25) is 4.79 Å². The molecule has 250 valence electrons. The lowest BCUT2D eigenvalue weighted by Crippen LogP contribution is -2.48. The maximum Gasteiger partial charge on any atom is 0.417 e. The standard InChI is InChI=1S/C30H23F9N4O3S/c1-45-23-12-17(2-6-22(23)46-16-18-3-4-19(28(31,32)33)14-21(18)30(37,38)39)13-24-26(44)41-27(47-24)43-10-8-42(9-11-43)25-7-5-20(15-40-25)29(34,35)36/h2-7,12-15H,8-11,16H2,1H3. The lowest BCUT2D eigenvalue weighted by molar-refractivity contribution is -0.143. The van der Waals surface area contributed by atoms with Crippen LogP contribution in [0.15, 0.2) is 64.6 Å². The van der Waals surface area contributed by atoms with Crippen LogP contribution in [0.2, 0.25) is 0 Å². The molecule has 0 atom stereocenters. The number of rotatable bonds is 6. The highest BCUT2D eigenvalue weighted by Gasteiger charge is 2.38. The van der Waals surface area contributed by atoms with Crippen LogP contribution in [-0.4, -0.2) is 54.2 Å². The Bertz CT molecular complexity index is 1700. The van der Waals surface area contributed by atoms with Crippen LogP contribution < -0.4 is 14.4 Å². The summed E-state index contributed by atoms with van der Waals surface area (Å²) in [5.41, 5.74) is -3.78. The molecule has 3 heterocycles. The third kappa shape index (κ3) is 7.94. The average Bonchev–Trinajstić information content (AvgIpc) is 3.38. The minimum Gasteiger partial charge on any atom is -0.493 e. The van der Waals surface area contributed by atoms with E-state index in [2.05, 4.69) is 9.98 Å². The summed E-state index contributed by atoms with van der Waals surface area (Å²) in [7, 11) is 1.29. The van der Waals surface area contributed by atoms with E-state index in [0.29, 0.717) is 54.9 Å². The van der Waals surface area contributed by atoms with E-state index in [4.69, 9.17) is 9.47 Å². The average molecular weight is 691 g/mol. The van der Waals surface area contributed by atoms with Gasteiger partial charge in [-0.05, 0) is 59.8 Å². The molecule has 1 saturated heterocycles. The molecule has 2 aliphatic heterocycles. The predicted molar refractivity (Wildman–Crippen MR) is 155 cm³/mol. The van der Waals surface area contributed by atoms with Gasteiger partial charge >= 0.3 is 18.5 Å². The summed E-state index contributed by atoms with van der Waals surface area (Å²) < 4.78 is 129. The lowest BCUT2D eigenvalue weighted by atomic mass is 10.0. The van der Waals surface area contributed by atoms with Gasteiger partial charge in [-0.15, -0.1) is 0 Å². The van der Waals surface area contributed by atoms with Gasteiger partial charge < -0.3 is 19.3 Å². The highest BCUT2D eigenvalue weighted by atomic mass is 32.2. The monoisotopic (exact) mass is 690 g/mol. The van der Waals surface area contributed by atoms with Crippen LogP contribution >= 0.6 is 11.8 Å². The number of amidine groups is 1. The Labute approximate surface area is 265 Å². The fourth-order valence-corrected chi connectivity index (χ4v) is 5.71. The highest BCUT2D eigenvalue weighted by Crippen LogP contribution is 2.39. The van der Waals surface area contributed by atoms with E-state index >= 15 is 0 Å². The van der Waals surface area contributed by atoms with E-state index < -0.39 is 53.3 Å². The molecule has 0 aliphatic carbocycles. The normalized spacial score (nSPS) is 16.9. The first kappa shape index (κ1) is 33.9. The van der Waals surface area contributed by atoms with Gasteiger partial charge in [0.05, 0.1) is 28.7 Å². The fraction of sp³-hybridized carbons (Fsp3) is 0.300. The molecule has 47 heavy (non-hydrogen) atoms. The summed E-state index contributed by atoms with van der Waals surface area (Å²) >= 11 is 1.12. The zero-order valence-electron chi connectivity index (χ0n) is 24.1. The number of alkyl halides is 9. The molecule has 17 heteroatoms. The number of amides is 1. The second-order valence-electron chi connectivity index (χ2n) is 10.3. The third-order valence-corrected chi connectivity index (χ3v) is 8.21. The van der Waals surface area contributed by atoms with Crippen molar-refractivity contribution >= 4 is 34.7 Å². The smallest absolute Gasteiger partial charge is 0.417 e.